The molecule has 0 spiro atoms. The van der Waals surface area contributed by atoms with Crippen LogP contribution in [0.3, 0.4) is 0 Å². The first-order valence-corrected chi connectivity index (χ1v) is 8.32. The molecule has 2 N–H and O–H groups in total. The molecule has 0 saturated heterocycles. The van der Waals surface area contributed by atoms with Crippen molar-refractivity contribution >= 4 is 23.1 Å². The lowest BCUT2D eigenvalue weighted by Crippen LogP contribution is -2.15. The van der Waals surface area contributed by atoms with Crippen LogP contribution < -0.4 is 15.5 Å². The summed E-state index contributed by atoms with van der Waals surface area (Å²) >= 11 is 0. The lowest BCUT2D eigenvalue weighted by molar-refractivity contribution is 0.102. The second-order valence-corrected chi connectivity index (χ2v) is 6.04. The van der Waals surface area contributed by atoms with Crippen LogP contribution in [-0.2, 0) is 6.54 Å². The van der Waals surface area contributed by atoms with Crippen molar-refractivity contribution in [3.05, 3.63) is 78.0 Å². The lowest BCUT2D eigenvalue weighted by Gasteiger charge is -2.13. The third-order valence-electron chi connectivity index (χ3n) is 3.86. The monoisotopic (exact) mass is 347 g/mol. The zero-order chi connectivity index (χ0) is 18.4. The van der Waals surface area contributed by atoms with Crippen LogP contribution >= 0.6 is 0 Å². The standard InChI is InChI=1S/C20H21N5O/c1-25(2)17-10-8-16(9-11-17)22-20(26)18-12-13-19(24-23-18)21-14-15-6-4-3-5-7-15/h3-13H,14H2,1-2H3,(H,21,24)(H,22,26). The molecule has 132 valence electrons. The zero-order valence-corrected chi connectivity index (χ0v) is 14.8. The Labute approximate surface area is 152 Å². The Balaban J connectivity index is 1.58. The molecule has 3 aromatic rings. The summed E-state index contributed by atoms with van der Waals surface area (Å²) in [4.78, 5) is 14.3. The number of nitrogens with zero attached hydrogens (tertiary/aromatic N) is 3. The van der Waals surface area contributed by atoms with Crippen LogP contribution in [0.2, 0.25) is 0 Å². The number of anilines is 3. The Morgan fingerprint density at radius 1 is 0.923 bits per heavy atom. The molecule has 6 heteroatoms. The van der Waals surface area contributed by atoms with Crippen LogP contribution in [0.25, 0.3) is 0 Å². The van der Waals surface area contributed by atoms with E-state index in [9.17, 15) is 4.79 Å². The van der Waals surface area contributed by atoms with Gasteiger partial charge in [-0.2, -0.15) is 0 Å². The van der Waals surface area contributed by atoms with E-state index in [1.165, 1.54) is 0 Å². The van der Waals surface area contributed by atoms with Crippen LogP contribution in [0.1, 0.15) is 16.1 Å². The molecule has 6 nitrogen and oxygen atoms in total. The second kappa shape index (κ2) is 8.11. The summed E-state index contributed by atoms with van der Waals surface area (Å²) in [5.74, 6) is 0.338. The van der Waals surface area contributed by atoms with Crippen molar-refractivity contribution in [1.29, 1.82) is 0 Å². The van der Waals surface area contributed by atoms with Crippen LogP contribution in [0.15, 0.2) is 66.7 Å². The number of hydrogen-bond donors (Lipinski definition) is 2. The molecule has 0 saturated carbocycles. The smallest absolute Gasteiger partial charge is 0.276 e. The number of aromatic nitrogens is 2. The summed E-state index contributed by atoms with van der Waals surface area (Å²) in [6, 6.07) is 21.0. The maximum atomic E-state index is 12.3. The molecule has 0 unspecified atom stereocenters. The topological polar surface area (TPSA) is 70.2 Å². The average Bonchev–Trinajstić information content (AvgIpc) is 2.68. The Bertz CT molecular complexity index is 846. The van der Waals surface area contributed by atoms with E-state index in [4.69, 9.17) is 0 Å². The molecular weight excluding hydrogens is 326 g/mol. The highest BCUT2D eigenvalue weighted by atomic mass is 16.1. The molecule has 2 aromatic carbocycles. The number of benzene rings is 2. The van der Waals surface area contributed by atoms with E-state index in [-0.39, 0.29) is 11.6 Å². The maximum Gasteiger partial charge on any atom is 0.276 e. The molecule has 0 aliphatic carbocycles. The SMILES string of the molecule is CN(C)c1ccc(NC(=O)c2ccc(NCc3ccccc3)nn2)cc1. The molecule has 1 aromatic heterocycles. The van der Waals surface area contributed by atoms with E-state index >= 15 is 0 Å². The first-order valence-electron chi connectivity index (χ1n) is 8.32. The summed E-state index contributed by atoms with van der Waals surface area (Å²) in [5.41, 5.74) is 3.20. The number of hydrogen-bond acceptors (Lipinski definition) is 5. The first kappa shape index (κ1) is 17.4. The Kier molecular flexibility index (Phi) is 5.43. The van der Waals surface area contributed by atoms with Gasteiger partial charge in [0.15, 0.2) is 5.69 Å². The van der Waals surface area contributed by atoms with Gasteiger partial charge in [0.2, 0.25) is 0 Å². The van der Waals surface area contributed by atoms with E-state index in [0.29, 0.717) is 18.1 Å². The summed E-state index contributed by atoms with van der Waals surface area (Å²) in [6.07, 6.45) is 0. The number of carbonyl (C=O) groups excluding carboxylic acids is 1. The van der Waals surface area contributed by atoms with E-state index in [1.807, 2.05) is 73.6 Å². The molecule has 26 heavy (non-hydrogen) atoms. The zero-order valence-electron chi connectivity index (χ0n) is 14.8. The molecule has 0 radical (unpaired) electrons. The molecule has 1 heterocycles. The molecule has 1 amide bonds. The fourth-order valence-corrected chi connectivity index (χ4v) is 2.37. The van der Waals surface area contributed by atoms with E-state index in [0.717, 1.165) is 11.3 Å². The van der Waals surface area contributed by atoms with Gasteiger partial charge < -0.3 is 15.5 Å². The van der Waals surface area contributed by atoms with Crippen molar-refractivity contribution in [2.75, 3.05) is 29.6 Å². The number of carbonyl (C=O) groups is 1. The van der Waals surface area contributed by atoms with Crippen molar-refractivity contribution in [1.82, 2.24) is 10.2 Å². The Hall–Kier alpha value is -3.41. The molecule has 0 aliphatic rings. The molecule has 0 fully saturated rings. The fraction of sp³-hybridized carbons (Fsp3) is 0.150. The highest BCUT2D eigenvalue weighted by molar-refractivity contribution is 6.02. The molecule has 0 atom stereocenters. The summed E-state index contributed by atoms with van der Waals surface area (Å²) < 4.78 is 0. The van der Waals surface area contributed by atoms with Gasteiger partial charge in [-0.05, 0) is 42.0 Å². The van der Waals surface area contributed by atoms with E-state index in [1.54, 1.807) is 12.1 Å². The predicted molar refractivity (Wildman–Crippen MR) is 105 cm³/mol. The van der Waals surface area contributed by atoms with Crippen molar-refractivity contribution in [2.24, 2.45) is 0 Å². The minimum atomic E-state index is -0.287. The van der Waals surface area contributed by atoms with Crippen LogP contribution in [0.5, 0.6) is 0 Å². The second-order valence-electron chi connectivity index (χ2n) is 6.04. The van der Waals surface area contributed by atoms with Gasteiger partial charge in [-0.25, -0.2) is 0 Å². The van der Waals surface area contributed by atoms with E-state index in [2.05, 4.69) is 20.8 Å². The molecule has 0 aliphatic heterocycles. The van der Waals surface area contributed by atoms with Crippen LogP contribution in [-0.4, -0.2) is 30.2 Å². The van der Waals surface area contributed by atoms with Gasteiger partial charge in [0, 0.05) is 32.0 Å². The van der Waals surface area contributed by atoms with Crippen molar-refractivity contribution < 1.29 is 4.79 Å². The number of amides is 1. The van der Waals surface area contributed by atoms with Gasteiger partial charge in [0.25, 0.3) is 5.91 Å². The summed E-state index contributed by atoms with van der Waals surface area (Å²) in [7, 11) is 3.94. The Morgan fingerprint density at radius 3 is 2.27 bits per heavy atom. The van der Waals surface area contributed by atoms with Gasteiger partial charge in [-0.3, -0.25) is 4.79 Å². The third-order valence-corrected chi connectivity index (χ3v) is 3.86. The third kappa shape index (κ3) is 4.57. The minimum absolute atomic E-state index is 0.270. The molecular formula is C20H21N5O. The van der Waals surface area contributed by atoms with Crippen LogP contribution in [0, 0.1) is 0 Å². The molecule has 3 rings (SSSR count). The quantitative estimate of drug-likeness (QED) is 0.715. The van der Waals surface area contributed by atoms with Crippen molar-refractivity contribution in [3.63, 3.8) is 0 Å². The van der Waals surface area contributed by atoms with E-state index < -0.39 is 0 Å². The average molecular weight is 347 g/mol. The lowest BCUT2D eigenvalue weighted by atomic mass is 10.2. The van der Waals surface area contributed by atoms with Gasteiger partial charge in [0.05, 0.1) is 0 Å². The highest BCUT2D eigenvalue weighted by Gasteiger charge is 2.09. The summed E-state index contributed by atoms with van der Waals surface area (Å²) in [5, 5.41) is 14.1. The number of rotatable bonds is 6. The van der Waals surface area contributed by atoms with Gasteiger partial charge in [0.1, 0.15) is 5.82 Å². The van der Waals surface area contributed by atoms with Crippen molar-refractivity contribution in [2.45, 2.75) is 6.54 Å². The van der Waals surface area contributed by atoms with Gasteiger partial charge in [-0.15, -0.1) is 10.2 Å². The van der Waals surface area contributed by atoms with Gasteiger partial charge in [-0.1, -0.05) is 30.3 Å². The molecule has 0 bridgehead atoms. The van der Waals surface area contributed by atoms with Crippen molar-refractivity contribution in [3.8, 4) is 0 Å². The highest BCUT2D eigenvalue weighted by Crippen LogP contribution is 2.16. The largest absolute Gasteiger partial charge is 0.378 e. The maximum absolute atomic E-state index is 12.3. The first-order chi connectivity index (χ1) is 12.6. The predicted octanol–water partition coefficient (Wildman–Crippen LogP) is 3.41. The summed E-state index contributed by atoms with van der Waals surface area (Å²) in [6.45, 7) is 0.652. The van der Waals surface area contributed by atoms with Gasteiger partial charge >= 0.3 is 0 Å². The minimum Gasteiger partial charge on any atom is -0.378 e. The van der Waals surface area contributed by atoms with Crippen LogP contribution in [0.4, 0.5) is 17.2 Å². The fourth-order valence-electron chi connectivity index (χ4n) is 2.37. The Morgan fingerprint density at radius 2 is 1.65 bits per heavy atom. The normalized spacial score (nSPS) is 10.2. The number of nitrogens with one attached hydrogen (secondary N) is 2.